The lowest BCUT2D eigenvalue weighted by Gasteiger charge is -2.07. The van der Waals surface area contributed by atoms with Crippen LogP contribution in [0.2, 0.25) is 0 Å². The summed E-state index contributed by atoms with van der Waals surface area (Å²) in [5.41, 5.74) is 2.33. The highest BCUT2D eigenvalue weighted by Gasteiger charge is 2.07. The Labute approximate surface area is 139 Å². The molecule has 0 spiro atoms. The lowest BCUT2D eigenvalue weighted by Crippen LogP contribution is -2.09. The maximum absolute atomic E-state index is 10.6. The van der Waals surface area contributed by atoms with Crippen LogP contribution in [0.1, 0.15) is 11.4 Å². The van der Waals surface area contributed by atoms with Crippen LogP contribution in [-0.2, 0) is 6.54 Å². The summed E-state index contributed by atoms with van der Waals surface area (Å²) in [5, 5.41) is 15.2. The summed E-state index contributed by atoms with van der Waals surface area (Å²) >= 11 is 0. The van der Waals surface area contributed by atoms with Crippen molar-refractivity contribution in [2.75, 3.05) is 6.61 Å². The van der Waals surface area contributed by atoms with Gasteiger partial charge < -0.3 is 9.30 Å². The SMILES string of the molecule is Cc1ccc(C)n1-c1ccn(CCOc2ccc([N+](=O)[O-])cc2)n1. The molecule has 2 aromatic heterocycles. The van der Waals surface area contributed by atoms with E-state index < -0.39 is 4.92 Å². The zero-order valence-electron chi connectivity index (χ0n) is 13.5. The van der Waals surface area contributed by atoms with Gasteiger partial charge in [0.2, 0.25) is 0 Å². The van der Waals surface area contributed by atoms with E-state index in [2.05, 4.69) is 21.8 Å². The molecule has 0 unspecified atom stereocenters. The van der Waals surface area contributed by atoms with Gasteiger partial charge in [0.15, 0.2) is 5.82 Å². The molecule has 0 saturated carbocycles. The van der Waals surface area contributed by atoms with E-state index in [1.807, 2.05) is 30.8 Å². The van der Waals surface area contributed by atoms with E-state index in [0.29, 0.717) is 18.9 Å². The Kier molecular flexibility index (Phi) is 4.33. The first kappa shape index (κ1) is 15.8. The zero-order valence-corrected chi connectivity index (χ0v) is 13.5. The van der Waals surface area contributed by atoms with Crippen molar-refractivity contribution in [1.29, 1.82) is 0 Å². The molecule has 7 heteroatoms. The summed E-state index contributed by atoms with van der Waals surface area (Å²) in [6.45, 7) is 5.12. The summed E-state index contributed by atoms with van der Waals surface area (Å²) < 4.78 is 9.51. The molecular formula is C17H18N4O3. The smallest absolute Gasteiger partial charge is 0.269 e. The average Bonchev–Trinajstić information content (AvgIpc) is 3.14. The average molecular weight is 326 g/mol. The number of aromatic nitrogens is 3. The number of rotatable bonds is 6. The molecule has 0 fully saturated rings. The first-order valence-corrected chi connectivity index (χ1v) is 7.60. The molecule has 2 heterocycles. The summed E-state index contributed by atoms with van der Waals surface area (Å²) in [6.07, 6.45) is 1.91. The number of nitro groups is 1. The van der Waals surface area contributed by atoms with Gasteiger partial charge >= 0.3 is 0 Å². The summed E-state index contributed by atoms with van der Waals surface area (Å²) in [5.74, 6) is 1.48. The molecular weight excluding hydrogens is 308 g/mol. The molecule has 3 aromatic rings. The predicted molar refractivity (Wildman–Crippen MR) is 89.6 cm³/mol. The number of aryl methyl sites for hydroxylation is 2. The van der Waals surface area contributed by atoms with E-state index in [9.17, 15) is 10.1 Å². The minimum absolute atomic E-state index is 0.0523. The molecule has 0 aliphatic rings. The maximum atomic E-state index is 10.6. The number of benzene rings is 1. The molecule has 1 aromatic carbocycles. The van der Waals surface area contributed by atoms with Gasteiger partial charge in [-0.2, -0.15) is 5.10 Å². The van der Waals surface area contributed by atoms with E-state index in [0.717, 1.165) is 17.2 Å². The van der Waals surface area contributed by atoms with Gasteiger partial charge in [-0.3, -0.25) is 14.8 Å². The second-order valence-electron chi connectivity index (χ2n) is 5.49. The monoisotopic (exact) mass is 326 g/mol. The molecule has 0 aliphatic heterocycles. The summed E-state index contributed by atoms with van der Waals surface area (Å²) in [7, 11) is 0. The first-order chi connectivity index (χ1) is 11.5. The largest absolute Gasteiger partial charge is 0.492 e. The van der Waals surface area contributed by atoms with Gasteiger partial charge in [0.05, 0.1) is 11.5 Å². The fourth-order valence-electron chi connectivity index (χ4n) is 2.55. The highest BCUT2D eigenvalue weighted by Crippen LogP contribution is 2.17. The third kappa shape index (κ3) is 3.29. The fourth-order valence-corrected chi connectivity index (χ4v) is 2.55. The highest BCUT2D eigenvalue weighted by molar-refractivity contribution is 5.36. The number of hydrogen-bond acceptors (Lipinski definition) is 4. The summed E-state index contributed by atoms with van der Waals surface area (Å²) in [6, 6.07) is 12.1. The third-order valence-corrected chi connectivity index (χ3v) is 3.76. The lowest BCUT2D eigenvalue weighted by atomic mass is 10.3. The van der Waals surface area contributed by atoms with Gasteiger partial charge in [0.1, 0.15) is 12.4 Å². The second kappa shape index (κ2) is 6.57. The van der Waals surface area contributed by atoms with E-state index in [4.69, 9.17) is 4.74 Å². The topological polar surface area (TPSA) is 75.1 Å². The van der Waals surface area contributed by atoms with Crippen LogP contribution < -0.4 is 4.74 Å². The van der Waals surface area contributed by atoms with Crippen LogP contribution >= 0.6 is 0 Å². The van der Waals surface area contributed by atoms with Crippen molar-refractivity contribution < 1.29 is 9.66 Å². The Balaban J connectivity index is 1.59. The highest BCUT2D eigenvalue weighted by atomic mass is 16.6. The minimum Gasteiger partial charge on any atom is -0.492 e. The molecule has 0 N–H and O–H groups in total. The predicted octanol–water partition coefficient (Wildman–Crippen LogP) is 3.28. The number of nitro benzene ring substituents is 1. The van der Waals surface area contributed by atoms with Gasteiger partial charge in [-0.15, -0.1) is 0 Å². The second-order valence-corrected chi connectivity index (χ2v) is 5.49. The molecule has 0 radical (unpaired) electrons. The minimum atomic E-state index is -0.430. The Morgan fingerprint density at radius 2 is 1.75 bits per heavy atom. The molecule has 3 rings (SSSR count). The van der Waals surface area contributed by atoms with Crippen LogP contribution in [0.15, 0.2) is 48.7 Å². The van der Waals surface area contributed by atoms with Gasteiger partial charge in [0.25, 0.3) is 5.69 Å². The van der Waals surface area contributed by atoms with Gasteiger partial charge in [-0.25, -0.2) is 0 Å². The Morgan fingerprint density at radius 1 is 1.08 bits per heavy atom. The molecule has 0 aliphatic carbocycles. The summed E-state index contributed by atoms with van der Waals surface area (Å²) in [4.78, 5) is 10.2. The fraction of sp³-hybridized carbons (Fsp3) is 0.235. The quantitative estimate of drug-likeness (QED) is 0.514. The van der Waals surface area contributed by atoms with Gasteiger partial charge in [0, 0.05) is 35.8 Å². The third-order valence-electron chi connectivity index (χ3n) is 3.76. The standard InChI is InChI=1S/C17H18N4O3/c1-13-3-4-14(2)20(13)17-9-10-19(18-17)11-12-24-16-7-5-15(6-8-16)21(22)23/h3-10H,11-12H2,1-2H3. The van der Waals surface area contributed by atoms with Crippen LogP contribution in [0.25, 0.3) is 5.82 Å². The molecule has 0 amide bonds. The Morgan fingerprint density at radius 3 is 2.38 bits per heavy atom. The Hall–Kier alpha value is -3.09. The van der Waals surface area contributed by atoms with Crippen molar-refractivity contribution in [3.63, 3.8) is 0 Å². The van der Waals surface area contributed by atoms with Gasteiger partial charge in [-0.1, -0.05) is 0 Å². The molecule has 124 valence electrons. The number of ether oxygens (including phenoxy) is 1. The lowest BCUT2D eigenvalue weighted by molar-refractivity contribution is -0.384. The molecule has 0 bridgehead atoms. The molecule has 24 heavy (non-hydrogen) atoms. The normalized spacial score (nSPS) is 10.8. The molecule has 7 nitrogen and oxygen atoms in total. The van der Waals surface area contributed by atoms with Crippen molar-refractivity contribution in [2.24, 2.45) is 0 Å². The van der Waals surface area contributed by atoms with E-state index in [1.165, 1.54) is 12.1 Å². The molecule has 0 atom stereocenters. The number of hydrogen-bond donors (Lipinski definition) is 0. The van der Waals surface area contributed by atoms with Gasteiger partial charge in [-0.05, 0) is 38.1 Å². The van der Waals surface area contributed by atoms with Crippen molar-refractivity contribution >= 4 is 5.69 Å². The van der Waals surface area contributed by atoms with E-state index in [-0.39, 0.29) is 5.69 Å². The van der Waals surface area contributed by atoms with Crippen molar-refractivity contribution in [1.82, 2.24) is 14.3 Å². The first-order valence-electron chi connectivity index (χ1n) is 7.60. The van der Waals surface area contributed by atoms with Crippen LogP contribution in [0.5, 0.6) is 5.75 Å². The van der Waals surface area contributed by atoms with Crippen LogP contribution in [0.3, 0.4) is 0 Å². The van der Waals surface area contributed by atoms with Crippen LogP contribution in [-0.4, -0.2) is 25.9 Å². The number of nitrogens with zero attached hydrogens (tertiary/aromatic N) is 4. The van der Waals surface area contributed by atoms with Crippen molar-refractivity contribution in [3.8, 4) is 11.6 Å². The maximum Gasteiger partial charge on any atom is 0.269 e. The van der Waals surface area contributed by atoms with E-state index >= 15 is 0 Å². The van der Waals surface area contributed by atoms with E-state index in [1.54, 1.807) is 12.1 Å². The zero-order chi connectivity index (χ0) is 17.1. The van der Waals surface area contributed by atoms with Crippen LogP contribution in [0.4, 0.5) is 5.69 Å². The Bertz CT molecular complexity index is 830. The number of non-ortho nitro benzene ring substituents is 1. The van der Waals surface area contributed by atoms with Crippen molar-refractivity contribution in [3.05, 3.63) is 70.2 Å². The van der Waals surface area contributed by atoms with Crippen molar-refractivity contribution in [2.45, 2.75) is 20.4 Å². The molecule has 0 saturated heterocycles. The van der Waals surface area contributed by atoms with Crippen LogP contribution in [0, 0.1) is 24.0 Å².